The number of benzene rings is 2. The Morgan fingerprint density at radius 3 is 2.50 bits per heavy atom. The molecule has 0 spiro atoms. The summed E-state index contributed by atoms with van der Waals surface area (Å²) in [6.45, 7) is 8.32. The molecular weight excluding hydrogens is 380 g/mol. The van der Waals surface area contributed by atoms with Crippen LogP contribution in [-0.2, 0) is 11.2 Å². The van der Waals surface area contributed by atoms with E-state index in [0.29, 0.717) is 31.2 Å². The number of rotatable bonds is 10. The summed E-state index contributed by atoms with van der Waals surface area (Å²) in [5, 5.41) is 0. The van der Waals surface area contributed by atoms with E-state index in [9.17, 15) is 4.79 Å². The number of piperazine rings is 1. The van der Waals surface area contributed by atoms with E-state index in [1.807, 2.05) is 59.5 Å². The maximum absolute atomic E-state index is 12.5. The van der Waals surface area contributed by atoms with E-state index in [1.165, 1.54) is 0 Å². The summed E-state index contributed by atoms with van der Waals surface area (Å²) in [7, 11) is 1.60. The minimum absolute atomic E-state index is 0.00703. The molecule has 6 nitrogen and oxygen atoms in total. The maximum atomic E-state index is 12.5. The first-order valence-corrected chi connectivity index (χ1v) is 10.3. The van der Waals surface area contributed by atoms with Gasteiger partial charge in [0.2, 0.25) is 0 Å². The predicted molar refractivity (Wildman–Crippen MR) is 117 cm³/mol. The molecule has 0 radical (unpaired) electrons. The lowest BCUT2D eigenvalue weighted by Crippen LogP contribution is -2.50. The molecule has 0 unspecified atom stereocenters. The van der Waals surface area contributed by atoms with Crippen molar-refractivity contribution < 1.29 is 19.0 Å². The minimum atomic E-state index is -0.00703. The third kappa shape index (κ3) is 6.26. The van der Waals surface area contributed by atoms with Gasteiger partial charge in [0.05, 0.1) is 7.11 Å². The average Bonchev–Trinajstić information content (AvgIpc) is 2.79. The van der Waals surface area contributed by atoms with Gasteiger partial charge in [-0.05, 0) is 36.2 Å². The van der Waals surface area contributed by atoms with Crippen molar-refractivity contribution in [1.29, 1.82) is 0 Å². The molecule has 6 heteroatoms. The summed E-state index contributed by atoms with van der Waals surface area (Å²) < 4.78 is 16.9. The summed E-state index contributed by atoms with van der Waals surface area (Å²) in [5.74, 6) is 2.09. The first kappa shape index (κ1) is 21.7. The van der Waals surface area contributed by atoms with Crippen molar-refractivity contribution in [3.8, 4) is 17.2 Å². The van der Waals surface area contributed by atoms with Crippen molar-refractivity contribution in [2.75, 3.05) is 53.0 Å². The Morgan fingerprint density at radius 1 is 1.03 bits per heavy atom. The Balaban J connectivity index is 1.39. The van der Waals surface area contributed by atoms with Crippen LogP contribution < -0.4 is 14.2 Å². The fourth-order valence-corrected chi connectivity index (χ4v) is 3.39. The lowest BCUT2D eigenvalue weighted by Gasteiger charge is -2.34. The fraction of sp³-hybridized carbons (Fsp3) is 0.375. The number of hydrogen-bond donors (Lipinski definition) is 0. The number of nitrogens with zero attached hydrogens (tertiary/aromatic N) is 2. The summed E-state index contributed by atoms with van der Waals surface area (Å²) in [6.07, 6.45) is 2.60. The molecule has 1 aliphatic rings. The molecule has 30 heavy (non-hydrogen) atoms. The number of ether oxygens (including phenoxy) is 3. The van der Waals surface area contributed by atoms with Crippen LogP contribution in [0.4, 0.5) is 0 Å². The zero-order chi connectivity index (χ0) is 21.2. The number of allylic oxidation sites excluding steroid dienone is 1. The van der Waals surface area contributed by atoms with Crippen molar-refractivity contribution in [3.05, 3.63) is 66.7 Å². The second-order valence-corrected chi connectivity index (χ2v) is 7.15. The minimum Gasteiger partial charge on any atom is -0.493 e. The van der Waals surface area contributed by atoms with Gasteiger partial charge in [-0.25, -0.2) is 0 Å². The van der Waals surface area contributed by atoms with E-state index < -0.39 is 0 Å². The summed E-state index contributed by atoms with van der Waals surface area (Å²) in [6, 6.07) is 15.5. The predicted octanol–water partition coefficient (Wildman–Crippen LogP) is 3.03. The van der Waals surface area contributed by atoms with Gasteiger partial charge in [0, 0.05) is 32.7 Å². The smallest absolute Gasteiger partial charge is 0.260 e. The average molecular weight is 411 g/mol. The Kier molecular flexibility index (Phi) is 8.15. The summed E-state index contributed by atoms with van der Waals surface area (Å²) >= 11 is 0. The number of carbonyl (C=O) groups is 1. The van der Waals surface area contributed by atoms with Gasteiger partial charge in [0.25, 0.3) is 5.91 Å². The van der Waals surface area contributed by atoms with E-state index in [1.54, 1.807) is 7.11 Å². The van der Waals surface area contributed by atoms with Crippen molar-refractivity contribution in [2.24, 2.45) is 0 Å². The first-order valence-electron chi connectivity index (χ1n) is 10.3. The zero-order valence-corrected chi connectivity index (χ0v) is 17.6. The van der Waals surface area contributed by atoms with Crippen molar-refractivity contribution in [3.63, 3.8) is 0 Å². The van der Waals surface area contributed by atoms with Crippen LogP contribution in [0.15, 0.2) is 61.2 Å². The van der Waals surface area contributed by atoms with Crippen molar-refractivity contribution >= 4 is 5.91 Å². The molecule has 1 fully saturated rings. The summed E-state index contributed by atoms with van der Waals surface area (Å²) in [4.78, 5) is 16.7. The summed E-state index contributed by atoms with van der Waals surface area (Å²) in [5.41, 5.74) is 1.09. The number of amides is 1. The van der Waals surface area contributed by atoms with Crippen molar-refractivity contribution in [2.45, 2.75) is 6.42 Å². The van der Waals surface area contributed by atoms with Gasteiger partial charge in [0.1, 0.15) is 12.4 Å². The highest BCUT2D eigenvalue weighted by Gasteiger charge is 2.21. The van der Waals surface area contributed by atoms with Gasteiger partial charge in [-0.1, -0.05) is 30.3 Å². The SMILES string of the molecule is C=CCc1ccc(OCC(=O)N2CCN(CCOc3ccccc3)CC2)c(OC)c1. The molecule has 0 bridgehead atoms. The molecule has 0 aliphatic carbocycles. The fourth-order valence-electron chi connectivity index (χ4n) is 3.39. The molecule has 3 rings (SSSR count). The lowest BCUT2D eigenvalue weighted by molar-refractivity contribution is -0.135. The third-order valence-corrected chi connectivity index (χ3v) is 5.10. The Labute approximate surface area is 178 Å². The van der Waals surface area contributed by atoms with E-state index in [0.717, 1.165) is 37.4 Å². The quantitative estimate of drug-likeness (QED) is 0.564. The number of para-hydroxylation sites is 1. The van der Waals surface area contributed by atoms with Crippen LogP contribution in [0.25, 0.3) is 0 Å². The number of hydrogen-bond acceptors (Lipinski definition) is 5. The highest BCUT2D eigenvalue weighted by atomic mass is 16.5. The molecular formula is C24H30N2O4. The Bertz CT molecular complexity index is 817. The highest BCUT2D eigenvalue weighted by molar-refractivity contribution is 5.78. The maximum Gasteiger partial charge on any atom is 0.260 e. The van der Waals surface area contributed by atoms with Gasteiger partial charge in [-0.2, -0.15) is 0 Å². The third-order valence-electron chi connectivity index (χ3n) is 5.10. The Morgan fingerprint density at radius 2 is 1.80 bits per heavy atom. The van der Waals surface area contributed by atoms with Crippen LogP contribution in [0, 0.1) is 0 Å². The van der Waals surface area contributed by atoms with Crippen LogP contribution in [0.1, 0.15) is 5.56 Å². The molecule has 2 aromatic rings. The molecule has 1 saturated heterocycles. The largest absolute Gasteiger partial charge is 0.493 e. The normalized spacial score (nSPS) is 14.2. The van der Waals surface area contributed by atoms with E-state index in [2.05, 4.69) is 11.5 Å². The van der Waals surface area contributed by atoms with Crippen LogP contribution in [-0.4, -0.2) is 68.8 Å². The van der Waals surface area contributed by atoms with Crippen LogP contribution in [0.2, 0.25) is 0 Å². The monoisotopic (exact) mass is 410 g/mol. The van der Waals surface area contributed by atoms with E-state index in [4.69, 9.17) is 14.2 Å². The number of methoxy groups -OCH3 is 1. The lowest BCUT2D eigenvalue weighted by atomic mass is 10.1. The molecule has 0 atom stereocenters. The molecule has 160 valence electrons. The highest BCUT2D eigenvalue weighted by Crippen LogP contribution is 2.28. The Hall–Kier alpha value is -2.99. The molecule has 1 aliphatic heterocycles. The van der Waals surface area contributed by atoms with Gasteiger partial charge in [-0.15, -0.1) is 6.58 Å². The van der Waals surface area contributed by atoms with Crippen LogP contribution >= 0.6 is 0 Å². The van der Waals surface area contributed by atoms with Crippen LogP contribution in [0.5, 0.6) is 17.2 Å². The zero-order valence-electron chi connectivity index (χ0n) is 17.6. The van der Waals surface area contributed by atoms with Crippen LogP contribution in [0.3, 0.4) is 0 Å². The molecule has 1 heterocycles. The molecule has 0 aromatic heterocycles. The molecule has 0 N–H and O–H groups in total. The van der Waals surface area contributed by atoms with E-state index in [-0.39, 0.29) is 12.5 Å². The molecule has 0 saturated carbocycles. The number of carbonyl (C=O) groups excluding carboxylic acids is 1. The molecule has 1 amide bonds. The van der Waals surface area contributed by atoms with E-state index >= 15 is 0 Å². The topological polar surface area (TPSA) is 51.2 Å². The first-order chi connectivity index (χ1) is 14.7. The second-order valence-electron chi connectivity index (χ2n) is 7.15. The van der Waals surface area contributed by atoms with Gasteiger partial charge in [-0.3, -0.25) is 9.69 Å². The molecule has 2 aromatic carbocycles. The van der Waals surface area contributed by atoms with Crippen molar-refractivity contribution in [1.82, 2.24) is 9.80 Å². The standard InChI is InChI=1S/C24H30N2O4/c1-3-7-20-10-11-22(23(18-20)28-2)30-19-24(27)26-14-12-25(13-15-26)16-17-29-21-8-5-4-6-9-21/h3-6,8-11,18H,1,7,12-17,19H2,2H3. The van der Waals surface area contributed by atoms with Gasteiger partial charge >= 0.3 is 0 Å². The van der Waals surface area contributed by atoms with Gasteiger partial charge < -0.3 is 19.1 Å². The second kappa shape index (κ2) is 11.3. The van der Waals surface area contributed by atoms with Gasteiger partial charge in [0.15, 0.2) is 18.1 Å².